The predicted octanol–water partition coefficient (Wildman–Crippen LogP) is 4.24. The molecule has 1 unspecified atom stereocenters. The molecular formula is C24H22N4O2. The Balaban J connectivity index is 1.62. The first-order valence-electron chi connectivity index (χ1n) is 9.75. The fourth-order valence-electron chi connectivity index (χ4n) is 3.39. The first-order valence-corrected chi connectivity index (χ1v) is 9.75. The van der Waals surface area contributed by atoms with Crippen LogP contribution in [0.4, 0.5) is 5.69 Å². The van der Waals surface area contributed by atoms with Crippen molar-refractivity contribution >= 4 is 28.5 Å². The van der Waals surface area contributed by atoms with Crippen LogP contribution in [0.5, 0.6) is 0 Å². The van der Waals surface area contributed by atoms with Crippen molar-refractivity contribution in [3.63, 3.8) is 0 Å². The maximum atomic E-state index is 13.0. The second-order valence-electron chi connectivity index (χ2n) is 7.12. The number of aromatic amines is 1. The summed E-state index contributed by atoms with van der Waals surface area (Å²) in [5.74, 6) is 0.284. The number of nitrogens with zero attached hydrogens (tertiary/aromatic N) is 1. The van der Waals surface area contributed by atoms with Crippen molar-refractivity contribution < 1.29 is 9.59 Å². The summed E-state index contributed by atoms with van der Waals surface area (Å²) >= 11 is 0. The number of nitrogens with one attached hydrogen (secondary N) is 3. The van der Waals surface area contributed by atoms with Crippen LogP contribution in [0.15, 0.2) is 78.9 Å². The summed E-state index contributed by atoms with van der Waals surface area (Å²) in [6.07, 6.45) is 0.595. The number of hydrogen-bond donors (Lipinski definition) is 3. The zero-order chi connectivity index (χ0) is 20.9. The topological polar surface area (TPSA) is 86.9 Å². The number of H-pyrrole nitrogens is 1. The third-order valence-corrected chi connectivity index (χ3v) is 4.77. The normalized spacial score (nSPS) is 11.8. The molecule has 0 saturated carbocycles. The maximum Gasteiger partial charge on any atom is 0.251 e. The van der Waals surface area contributed by atoms with Gasteiger partial charge in [0.05, 0.1) is 17.1 Å². The number of rotatable bonds is 6. The van der Waals surface area contributed by atoms with E-state index in [9.17, 15) is 9.59 Å². The first kappa shape index (κ1) is 19.4. The molecule has 0 aliphatic rings. The molecular weight excluding hydrogens is 376 g/mol. The molecule has 0 bridgehead atoms. The van der Waals surface area contributed by atoms with Crippen LogP contribution in [0.3, 0.4) is 0 Å². The zero-order valence-corrected chi connectivity index (χ0v) is 16.6. The van der Waals surface area contributed by atoms with E-state index in [1.807, 2.05) is 54.6 Å². The lowest BCUT2D eigenvalue weighted by atomic mass is 10.0. The summed E-state index contributed by atoms with van der Waals surface area (Å²) < 4.78 is 0. The molecule has 2 amide bonds. The second-order valence-corrected chi connectivity index (χ2v) is 7.12. The van der Waals surface area contributed by atoms with Gasteiger partial charge in [-0.15, -0.1) is 0 Å². The first-order chi connectivity index (χ1) is 14.6. The van der Waals surface area contributed by atoms with Crippen LogP contribution in [-0.2, 0) is 11.2 Å². The highest BCUT2D eigenvalue weighted by Crippen LogP contribution is 2.21. The second kappa shape index (κ2) is 8.61. The lowest BCUT2D eigenvalue weighted by Crippen LogP contribution is -2.30. The minimum atomic E-state index is -0.336. The number of aromatic nitrogens is 2. The minimum Gasteiger partial charge on any atom is -0.342 e. The highest BCUT2D eigenvalue weighted by Gasteiger charge is 2.20. The molecule has 0 radical (unpaired) electrons. The van der Waals surface area contributed by atoms with Gasteiger partial charge in [0.2, 0.25) is 5.91 Å². The quantitative estimate of drug-likeness (QED) is 0.454. The summed E-state index contributed by atoms with van der Waals surface area (Å²) in [6, 6.07) is 24.3. The van der Waals surface area contributed by atoms with Gasteiger partial charge in [-0.1, -0.05) is 48.5 Å². The Bertz CT molecular complexity index is 1150. The highest BCUT2D eigenvalue weighted by molar-refractivity contribution is 5.97. The Morgan fingerprint density at radius 1 is 0.967 bits per heavy atom. The number of hydrogen-bond acceptors (Lipinski definition) is 3. The fourth-order valence-corrected chi connectivity index (χ4v) is 3.39. The molecule has 4 rings (SSSR count). The van der Waals surface area contributed by atoms with Gasteiger partial charge in [0.25, 0.3) is 5.91 Å². The Morgan fingerprint density at radius 3 is 2.50 bits per heavy atom. The molecule has 6 nitrogen and oxygen atoms in total. The Kier molecular flexibility index (Phi) is 5.57. The van der Waals surface area contributed by atoms with Gasteiger partial charge in [0.1, 0.15) is 5.82 Å². The van der Waals surface area contributed by atoms with E-state index >= 15 is 0 Å². The minimum absolute atomic E-state index is 0.184. The average Bonchev–Trinajstić information content (AvgIpc) is 3.18. The highest BCUT2D eigenvalue weighted by atomic mass is 16.2. The number of para-hydroxylation sites is 2. The van der Waals surface area contributed by atoms with Crippen LogP contribution in [0.1, 0.15) is 34.7 Å². The number of benzene rings is 3. The van der Waals surface area contributed by atoms with Gasteiger partial charge in [-0.2, -0.15) is 0 Å². The summed E-state index contributed by atoms with van der Waals surface area (Å²) in [6.45, 7) is 1.43. The monoisotopic (exact) mass is 398 g/mol. The van der Waals surface area contributed by atoms with Crippen molar-refractivity contribution in [2.45, 2.75) is 19.4 Å². The van der Waals surface area contributed by atoms with Crippen molar-refractivity contribution in [3.05, 3.63) is 95.8 Å². The molecule has 0 saturated heterocycles. The molecule has 150 valence electrons. The summed E-state index contributed by atoms with van der Waals surface area (Å²) in [5.41, 5.74) is 3.92. The van der Waals surface area contributed by atoms with E-state index in [-0.39, 0.29) is 17.9 Å². The molecule has 1 heterocycles. The van der Waals surface area contributed by atoms with Crippen LogP contribution in [0, 0.1) is 0 Å². The molecule has 0 aliphatic heterocycles. The molecule has 0 spiro atoms. The van der Waals surface area contributed by atoms with Crippen molar-refractivity contribution in [2.75, 3.05) is 5.32 Å². The standard InChI is InChI=1S/C24H22N4O2/c1-16(29)25-19-11-7-10-18(15-19)24(30)28-22(14-17-8-3-2-4-9-17)23-26-20-12-5-6-13-21(20)27-23/h2-13,15,22H,14H2,1H3,(H,25,29)(H,26,27)(H,28,30). The third kappa shape index (κ3) is 4.55. The van der Waals surface area contributed by atoms with Crippen LogP contribution in [-0.4, -0.2) is 21.8 Å². The third-order valence-electron chi connectivity index (χ3n) is 4.77. The molecule has 3 N–H and O–H groups in total. The molecule has 0 aliphatic carbocycles. The molecule has 4 aromatic rings. The van der Waals surface area contributed by atoms with E-state index in [0.29, 0.717) is 23.5 Å². The lowest BCUT2D eigenvalue weighted by Gasteiger charge is -2.17. The number of fused-ring (bicyclic) bond motifs is 1. The van der Waals surface area contributed by atoms with Gasteiger partial charge in [0.15, 0.2) is 0 Å². The molecule has 1 aromatic heterocycles. The maximum absolute atomic E-state index is 13.0. The van der Waals surface area contributed by atoms with Crippen LogP contribution >= 0.6 is 0 Å². The fraction of sp³-hybridized carbons (Fsp3) is 0.125. The summed E-state index contributed by atoms with van der Waals surface area (Å²) in [7, 11) is 0. The van der Waals surface area contributed by atoms with Crippen molar-refractivity contribution in [2.24, 2.45) is 0 Å². The van der Waals surface area contributed by atoms with Gasteiger partial charge in [-0.05, 0) is 42.3 Å². The van der Waals surface area contributed by atoms with Crippen LogP contribution < -0.4 is 10.6 Å². The van der Waals surface area contributed by atoms with E-state index in [4.69, 9.17) is 0 Å². The molecule has 3 aromatic carbocycles. The van der Waals surface area contributed by atoms with Crippen molar-refractivity contribution in [1.29, 1.82) is 0 Å². The summed E-state index contributed by atoms with van der Waals surface area (Å²) in [4.78, 5) is 32.3. The Hall–Kier alpha value is -3.93. The van der Waals surface area contributed by atoms with Crippen LogP contribution in [0.2, 0.25) is 0 Å². The Morgan fingerprint density at radius 2 is 1.73 bits per heavy atom. The van der Waals surface area contributed by atoms with E-state index in [0.717, 1.165) is 16.6 Å². The lowest BCUT2D eigenvalue weighted by molar-refractivity contribution is -0.114. The molecule has 6 heteroatoms. The number of carbonyl (C=O) groups is 2. The van der Waals surface area contributed by atoms with Gasteiger partial charge >= 0.3 is 0 Å². The average molecular weight is 398 g/mol. The SMILES string of the molecule is CC(=O)Nc1cccc(C(=O)NC(Cc2ccccc2)c2nc3ccccc3[nH]2)c1. The largest absolute Gasteiger partial charge is 0.342 e. The van der Waals surface area contributed by atoms with Crippen LogP contribution in [0.25, 0.3) is 11.0 Å². The van der Waals surface area contributed by atoms with E-state index in [1.165, 1.54) is 6.92 Å². The van der Waals surface area contributed by atoms with Gasteiger partial charge in [-0.3, -0.25) is 9.59 Å². The van der Waals surface area contributed by atoms with Crippen molar-refractivity contribution in [3.8, 4) is 0 Å². The van der Waals surface area contributed by atoms with E-state index in [2.05, 4.69) is 20.6 Å². The van der Waals surface area contributed by atoms with E-state index < -0.39 is 0 Å². The smallest absolute Gasteiger partial charge is 0.251 e. The molecule has 1 atom stereocenters. The summed E-state index contributed by atoms with van der Waals surface area (Å²) in [5, 5.41) is 5.80. The van der Waals surface area contributed by atoms with Gasteiger partial charge in [-0.25, -0.2) is 4.98 Å². The van der Waals surface area contributed by atoms with E-state index in [1.54, 1.807) is 24.3 Å². The number of imidazole rings is 1. The van der Waals surface area contributed by atoms with Gasteiger partial charge in [0, 0.05) is 18.2 Å². The van der Waals surface area contributed by atoms with Crippen molar-refractivity contribution in [1.82, 2.24) is 15.3 Å². The Labute approximate surface area is 174 Å². The zero-order valence-electron chi connectivity index (χ0n) is 16.6. The number of carbonyl (C=O) groups excluding carboxylic acids is 2. The van der Waals surface area contributed by atoms with Gasteiger partial charge < -0.3 is 15.6 Å². The predicted molar refractivity (Wildman–Crippen MR) is 117 cm³/mol. The molecule has 30 heavy (non-hydrogen) atoms. The number of anilines is 1. The molecule has 0 fully saturated rings. The number of amides is 2.